The van der Waals surface area contributed by atoms with Crippen LogP contribution >= 0.6 is 0 Å². The van der Waals surface area contributed by atoms with Crippen molar-refractivity contribution >= 4 is 0 Å². The van der Waals surface area contributed by atoms with E-state index in [0.717, 1.165) is 24.8 Å². The fraction of sp³-hybridized carbons (Fsp3) is 0.556. The Morgan fingerprint density at radius 2 is 1.90 bits per heavy atom. The van der Waals surface area contributed by atoms with Crippen LogP contribution in [0.25, 0.3) is 0 Å². The number of allylic oxidation sites excluding steroid dienone is 1. The summed E-state index contributed by atoms with van der Waals surface area (Å²) < 4.78 is 0. The van der Waals surface area contributed by atoms with Crippen LogP contribution < -0.4 is 0 Å². The molecule has 2 nitrogen and oxygen atoms in total. The first kappa shape index (κ1) is 16.9. The van der Waals surface area contributed by atoms with Crippen molar-refractivity contribution in [2.75, 3.05) is 6.61 Å². The van der Waals surface area contributed by atoms with Gasteiger partial charge in [0.2, 0.25) is 0 Å². The Labute approximate surface area is 123 Å². The summed E-state index contributed by atoms with van der Waals surface area (Å²) in [6.07, 6.45) is 5.17. The smallest absolute Gasteiger partial charge is 0.0759 e. The fourth-order valence-electron chi connectivity index (χ4n) is 2.36. The number of rotatable bonds is 8. The van der Waals surface area contributed by atoms with Gasteiger partial charge in [-0.15, -0.1) is 0 Å². The number of aliphatic hydroxyl groups is 2. The quantitative estimate of drug-likeness (QED) is 0.710. The van der Waals surface area contributed by atoms with E-state index in [-0.39, 0.29) is 12.0 Å². The van der Waals surface area contributed by atoms with Gasteiger partial charge in [-0.1, -0.05) is 63.6 Å². The summed E-state index contributed by atoms with van der Waals surface area (Å²) in [7, 11) is 0. The van der Waals surface area contributed by atoms with Crippen LogP contribution in [0.3, 0.4) is 0 Å². The first-order valence-electron chi connectivity index (χ1n) is 7.54. The van der Waals surface area contributed by atoms with Gasteiger partial charge in [0.25, 0.3) is 0 Å². The maximum atomic E-state index is 10.5. The first-order valence-corrected chi connectivity index (χ1v) is 7.54. The zero-order valence-corrected chi connectivity index (χ0v) is 13.0. The molecule has 1 atom stereocenters. The van der Waals surface area contributed by atoms with E-state index in [4.69, 9.17) is 0 Å². The predicted molar refractivity (Wildman–Crippen MR) is 84.6 cm³/mol. The predicted octanol–water partition coefficient (Wildman–Crippen LogP) is 3.73. The molecule has 1 unspecified atom stereocenters. The molecule has 0 saturated carbocycles. The van der Waals surface area contributed by atoms with E-state index in [1.165, 1.54) is 5.56 Å². The van der Waals surface area contributed by atoms with Gasteiger partial charge in [-0.3, -0.25) is 0 Å². The third-order valence-electron chi connectivity index (χ3n) is 3.74. The highest BCUT2D eigenvalue weighted by Gasteiger charge is 2.27. The minimum absolute atomic E-state index is 0.0605. The molecule has 1 rings (SSSR count). The molecule has 2 heteroatoms. The Balaban J connectivity index is 2.71. The highest BCUT2D eigenvalue weighted by molar-refractivity contribution is 5.19. The Bertz CT molecular complexity index is 407. The second-order valence-electron chi connectivity index (χ2n) is 6.03. The molecule has 1 aromatic carbocycles. The van der Waals surface area contributed by atoms with Crippen molar-refractivity contribution in [2.45, 2.75) is 52.6 Å². The number of benzene rings is 1. The summed E-state index contributed by atoms with van der Waals surface area (Å²) in [5, 5.41) is 20.0. The minimum atomic E-state index is -0.482. The summed E-state index contributed by atoms with van der Waals surface area (Å²) >= 11 is 0. The molecule has 0 radical (unpaired) electrons. The van der Waals surface area contributed by atoms with Crippen molar-refractivity contribution in [3.8, 4) is 0 Å². The third-order valence-corrected chi connectivity index (χ3v) is 3.74. The van der Waals surface area contributed by atoms with Crippen LogP contribution in [-0.2, 0) is 6.42 Å². The van der Waals surface area contributed by atoms with E-state index in [9.17, 15) is 10.2 Å². The molecule has 0 amide bonds. The molecular weight excluding hydrogens is 248 g/mol. The molecule has 0 fully saturated rings. The van der Waals surface area contributed by atoms with Crippen molar-refractivity contribution < 1.29 is 10.2 Å². The summed E-state index contributed by atoms with van der Waals surface area (Å²) in [5.41, 5.74) is 1.85. The van der Waals surface area contributed by atoms with Crippen LogP contribution in [0.2, 0.25) is 0 Å². The second-order valence-corrected chi connectivity index (χ2v) is 6.03. The van der Waals surface area contributed by atoms with Gasteiger partial charge in [0.15, 0.2) is 0 Å². The van der Waals surface area contributed by atoms with Crippen LogP contribution in [0.5, 0.6) is 0 Å². The fourth-order valence-corrected chi connectivity index (χ4v) is 2.36. The molecule has 0 aromatic heterocycles. The van der Waals surface area contributed by atoms with Crippen LogP contribution in [0, 0.1) is 5.41 Å². The monoisotopic (exact) mass is 276 g/mol. The van der Waals surface area contributed by atoms with Crippen LogP contribution in [0.4, 0.5) is 0 Å². The zero-order chi connectivity index (χ0) is 15.0. The molecule has 0 spiro atoms. The summed E-state index contributed by atoms with van der Waals surface area (Å²) in [5.74, 6) is 0. The van der Waals surface area contributed by atoms with E-state index >= 15 is 0 Å². The molecule has 0 aliphatic rings. The standard InChI is InChI=1S/C18H28O2/c1-4-5-11-16(18(2,3)14-19)17(20)13-12-15-9-7-6-8-10-15/h6-11,17,19-20H,4-5,12-14H2,1-3H3/b16-11-. The lowest BCUT2D eigenvalue weighted by Crippen LogP contribution is -2.28. The highest BCUT2D eigenvalue weighted by Crippen LogP contribution is 2.30. The second kappa shape index (κ2) is 8.23. The van der Waals surface area contributed by atoms with Crippen molar-refractivity contribution in [1.82, 2.24) is 0 Å². The van der Waals surface area contributed by atoms with Crippen LogP contribution in [0.15, 0.2) is 42.0 Å². The maximum absolute atomic E-state index is 10.5. The van der Waals surface area contributed by atoms with Gasteiger partial charge < -0.3 is 10.2 Å². The Hall–Kier alpha value is -1.12. The topological polar surface area (TPSA) is 40.5 Å². The molecule has 1 aromatic rings. The lowest BCUT2D eigenvalue weighted by atomic mass is 9.79. The van der Waals surface area contributed by atoms with E-state index < -0.39 is 6.10 Å². The molecule has 0 bridgehead atoms. The summed E-state index contributed by atoms with van der Waals surface area (Å²) in [6.45, 7) is 6.15. The highest BCUT2D eigenvalue weighted by atomic mass is 16.3. The molecule has 0 aliphatic carbocycles. The van der Waals surface area contributed by atoms with Gasteiger partial charge in [-0.2, -0.15) is 0 Å². The van der Waals surface area contributed by atoms with E-state index in [1.807, 2.05) is 32.0 Å². The Morgan fingerprint density at radius 3 is 2.45 bits per heavy atom. The largest absolute Gasteiger partial charge is 0.395 e. The normalized spacial score (nSPS) is 14.3. The third kappa shape index (κ3) is 5.10. The molecule has 112 valence electrons. The minimum Gasteiger partial charge on any atom is -0.395 e. The van der Waals surface area contributed by atoms with Crippen molar-refractivity contribution in [3.05, 3.63) is 47.5 Å². The number of aliphatic hydroxyl groups excluding tert-OH is 2. The lowest BCUT2D eigenvalue weighted by molar-refractivity contribution is 0.130. The van der Waals surface area contributed by atoms with Gasteiger partial charge in [0, 0.05) is 5.41 Å². The average Bonchev–Trinajstić information content (AvgIpc) is 2.46. The number of unbranched alkanes of at least 4 members (excludes halogenated alkanes) is 1. The maximum Gasteiger partial charge on any atom is 0.0759 e. The van der Waals surface area contributed by atoms with Gasteiger partial charge >= 0.3 is 0 Å². The summed E-state index contributed by atoms with van der Waals surface area (Å²) in [4.78, 5) is 0. The number of hydrogen-bond acceptors (Lipinski definition) is 2. The van der Waals surface area contributed by atoms with E-state index in [0.29, 0.717) is 6.42 Å². The SMILES string of the molecule is CCC/C=C(/C(O)CCc1ccccc1)C(C)(C)CO. The van der Waals surface area contributed by atoms with Crippen molar-refractivity contribution in [3.63, 3.8) is 0 Å². The van der Waals surface area contributed by atoms with E-state index in [1.54, 1.807) is 0 Å². The average molecular weight is 276 g/mol. The first-order chi connectivity index (χ1) is 9.51. The zero-order valence-electron chi connectivity index (χ0n) is 13.0. The Kier molecular flexibility index (Phi) is 6.97. The number of hydrogen-bond donors (Lipinski definition) is 2. The van der Waals surface area contributed by atoms with Crippen LogP contribution in [-0.4, -0.2) is 22.9 Å². The molecule has 2 N–H and O–H groups in total. The van der Waals surface area contributed by atoms with Gasteiger partial charge in [0.05, 0.1) is 12.7 Å². The lowest BCUT2D eigenvalue weighted by Gasteiger charge is -2.30. The van der Waals surface area contributed by atoms with Crippen molar-refractivity contribution in [1.29, 1.82) is 0 Å². The van der Waals surface area contributed by atoms with Gasteiger partial charge in [-0.05, 0) is 30.4 Å². The van der Waals surface area contributed by atoms with Gasteiger partial charge in [-0.25, -0.2) is 0 Å². The molecule has 0 aliphatic heterocycles. The van der Waals surface area contributed by atoms with Crippen molar-refractivity contribution in [2.24, 2.45) is 5.41 Å². The number of aryl methyl sites for hydroxylation is 1. The van der Waals surface area contributed by atoms with E-state index in [2.05, 4.69) is 25.1 Å². The molecule has 20 heavy (non-hydrogen) atoms. The molecular formula is C18H28O2. The molecule has 0 heterocycles. The molecule has 0 saturated heterocycles. The summed E-state index contributed by atoms with van der Waals surface area (Å²) in [6, 6.07) is 10.2. The van der Waals surface area contributed by atoms with Crippen LogP contribution in [0.1, 0.15) is 45.6 Å². The van der Waals surface area contributed by atoms with Gasteiger partial charge in [0.1, 0.15) is 0 Å². The Morgan fingerprint density at radius 1 is 1.25 bits per heavy atom.